The Morgan fingerprint density at radius 1 is 1.12 bits per heavy atom. The van der Waals surface area contributed by atoms with Crippen LogP contribution in [0.1, 0.15) is 51.5 Å². The van der Waals surface area contributed by atoms with Gasteiger partial charge in [-0.05, 0) is 49.3 Å². The number of anilines is 1. The Morgan fingerprint density at radius 2 is 1.84 bits per heavy atom. The summed E-state index contributed by atoms with van der Waals surface area (Å²) in [7, 11) is 0. The lowest BCUT2D eigenvalue weighted by atomic mass is 9.89. The molecule has 1 N–H and O–H groups in total. The standard InChI is InChI=1S/C21H33N3O/c1-3-19-16-24(17(2)25)14-11-21(19)22-15-18-7-9-20(10-8-18)23-12-5-4-6-13-23/h7-10,19,21-22H,3-6,11-16H2,1-2H3/t19-,21+/m1/s1. The highest BCUT2D eigenvalue weighted by Gasteiger charge is 2.28. The third-order valence-electron chi connectivity index (χ3n) is 5.93. The van der Waals surface area contributed by atoms with Crippen molar-refractivity contribution in [3.05, 3.63) is 29.8 Å². The van der Waals surface area contributed by atoms with Crippen LogP contribution in [0, 0.1) is 5.92 Å². The molecule has 0 radical (unpaired) electrons. The number of benzene rings is 1. The third-order valence-corrected chi connectivity index (χ3v) is 5.93. The number of rotatable bonds is 5. The van der Waals surface area contributed by atoms with Gasteiger partial charge in [0, 0.05) is 51.4 Å². The van der Waals surface area contributed by atoms with Gasteiger partial charge in [0.05, 0.1) is 0 Å². The van der Waals surface area contributed by atoms with Gasteiger partial charge in [-0.2, -0.15) is 0 Å². The number of hydrogen-bond acceptors (Lipinski definition) is 3. The first-order valence-electron chi connectivity index (χ1n) is 10.00. The fraction of sp³-hybridized carbons (Fsp3) is 0.667. The lowest BCUT2D eigenvalue weighted by Gasteiger charge is -2.38. The molecule has 0 bridgehead atoms. The van der Waals surface area contributed by atoms with Crippen molar-refractivity contribution in [3.8, 4) is 0 Å². The lowest BCUT2D eigenvalue weighted by molar-refractivity contribution is -0.131. The maximum Gasteiger partial charge on any atom is 0.219 e. The minimum absolute atomic E-state index is 0.213. The second kappa shape index (κ2) is 8.70. The van der Waals surface area contributed by atoms with Gasteiger partial charge in [0.25, 0.3) is 0 Å². The predicted octanol–water partition coefficient (Wildman–Crippen LogP) is 3.41. The molecule has 138 valence electrons. The number of carbonyl (C=O) groups excluding carboxylic acids is 1. The zero-order valence-corrected chi connectivity index (χ0v) is 15.8. The van der Waals surface area contributed by atoms with E-state index >= 15 is 0 Å². The minimum atomic E-state index is 0.213. The second-order valence-electron chi connectivity index (χ2n) is 7.62. The van der Waals surface area contributed by atoms with Crippen molar-refractivity contribution < 1.29 is 4.79 Å². The molecule has 0 saturated carbocycles. The minimum Gasteiger partial charge on any atom is -0.372 e. The van der Waals surface area contributed by atoms with Gasteiger partial charge in [-0.3, -0.25) is 4.79 Å². The summed E-state index contributed by atoms with van der Waals surface area (Å²) in [6.07, 6.45) is 6.19. The molecule has 2 aliphatic heterocycles. The molecule has 0 aliphatic carbocycles. The van der Waals surface area contributed by atoms with E-state index in [1.54, 1.807) is 6.92 Å². The monoisotopic (exact) mass is 343 g/mol. The SMILES string of the molecule is CC[C@@H]1CN(C(C)=O)CC[C@@H]1NCc1ccc(N2CCCCC2)cc1. The van der Waals surface area contributed by atoms with Gasteiger partial charge in [0.15, 0.2) is 0 Å². The molecule has 1 amide bonds. The lowest BCUT2D eigenvalue weighted by Crippen LogP contribution is -2.50. The van der Waals surface area contributed by atoms with Gasteiger partial charge in [-0.1, -0.05) is 25.5 Å². The molecule has 2 heterocycles. The summed E-state index contributed by atoms with van der Waals surface area (Å²) in [5, 5.41) is 3.75. The Bertz CT molecular complexity index is 551. The van der Waals surface area contributed by atoms with E-state index in [9.17, 15) is 4.79 Å². The number of nitrogens with zero attached hydrogens (tertiary/aromatic N) is 2. The van der Waals surface area contributed by atoms with E-state index in [1.807, 2.05) is 4.90 Å². The number of piperidine rings is 2. The molecule has 4 nitrogen and oxygen atoms in total. The van der Waals surface area contributed by atoms with Crippen LogP contribution in [-0.4, -0.2) is 43.0 Å². The first kappa shape index (κ1) is 18.2. The average molecular weight is 344 g/mol. The maximum atomic E-state index is 11.6. The Morgan fingerprint density at radius 3 is 2.48 bits per heavy atom. The maximum absolute atomic E-state index is 11.6. The van der Waals surface area contributed by atoms with Crippen LogP contribution in [0.3, 0.4) is 0 Å². The van der Waals surface area contributed by atoms with E-state index in [0.29, 0.717) is 12.0 Å². The van der Waals surface area contributed by atoms with Crippen molar-refractivity contribution in [3.63, 3.8) is 0 Å². The molecular formula is C21H33N3O. The summed E-state index contributed by atoms with van der Waals surface area (Å²) < 4.78 is 0. The number of amides is 1. The summed E-state index contributed by atoms with van der Waals surface area (Å²) in [6.45, 7) is 9.02. The molecule has 4 heteroatoms. The third kappa shape index (κ3) is 4.75. The molecule has 2 saturated heterocycles. The second-order valence-corrected chi connectivity index (χ2v) is 7.62. The van der Waals surface area contributed by atoms with Crippen LogP contribution in [0.2, 0.25) is 0 Å². The summed E-state index contributed by atoms with van der Waals surface area (Å²) in [5.74, 6) is 0.774. The Balaban J connectivity index is 1.51. The van der Waals surface area contributed by atoms with Crippen LogP contribution in [0.15, 0.2) is 24.3 Å². The van der Waals surface area contributed by atoms with E-state index < -0.39 is 0 Å². The van der Waals surface area contributed by atoms with E-state index in [4.69, 9.17) is 0 Å². The van der Waals surface area contributed by atoms with E-state index in [2.05, 4.69) is 41.4 Å². The van der Waals surface area contributed by atoms with Gasteiger partial charge in [-0.15, -0.1) is 0 Å². The van der Waals surface area contributed by atoms with Gasteiger partial charge >= 0.3 is 0 Å². The van der Waals surface area contributed by atoms with Crippen LogP contribution in [0.5, 0.6) is 0 Å². The van der Waals surface area contributed by atoms with Crippen molar-refractivity contribution in [1.29, 1.82) is 0 Å². The molecule has 25 heavy (non-hydrogen) atoms. The summed E-state index contributed by atoms with van der Waals surface area (Å²) in [4.78, 5) is 16.1. The molecule has 1 aromatic rings. The molecule has 2 atom stereocenters. The van der Waals surface area contributed by atoms with Gasteiger partial charge < -0.3 is 15.1 Å². The molecule has 0 aromatic heterocycles. The van der Waals surface area contributed by atoms with Crippen LogP contribution in [0.25, 0.3) is 0 Å². The fourth-order valence-corrected chi connectivity index (χ4v) is 4.23. The van der Waals surface area contributed by atoms with Crippen LogP contribution in [0.4, 0.5) is 5.69 Å². The highest BCUT2D eigenvalue weighted by atomic mass is 16.2. The largest absolute Gasteiger partial charge is 0.372 e. The fourth-order valence-electron chi connectivity index (χ4n) is 4.23. The summed E-state index contributed by atoms with van der Waals surface area (Å²) >= 11 is 0. The van der Waals surface area contributed by atoms with Crippen molar-refractivity contribution in [2.75, 3.05) is 31.1 Å². The number of hydrogen-bond donors (Lipinski definition) is 1. The smallest absolute Gasteiger partial charge is 0.219 e. The molecule has 0 unspecified atom stereocenters. The zero-order valence-electron chi connectivity index (χ0n) is 15.8. The Hall–Kier alpha value is -1.55. The van der Waals surface area contributed by atoms with Crippen LogP contribution < -0.4 is 10.2 Å². The quantitative estimate of drug-likeness (QED) is 0.890. The van der Waals surface area contributed by atoms with E-state index in [-0.39, 0.29) is 5.91 Å². The summed E-state index contributed by atoms with van der Waals surface area (Å²) in [6, 6.07) is 9.60. The van der Waals surface area contributed by atoms with Crippen molar-refractivity contribution >= 4 is 11.6 Å². The van der Waals surface area contributed by atoms with Gasteiger partial charge in [0.2, 0.25) is 5.91 Å². The normalized spacial score (nSPS) is 24.4. The van der Waals surface area contributed by atoms with Crippen molar-refractivity contribution in [1.82, 2.24) is 10.2 Å². The Labute approximate surface area is 152 Å². The first-order chi connectivity index (χ1) is 12.2. The number of carbonyl (C=O) groups is 1. The first-order valence-corrected chi connectivity index (χ1v) is 10.00. The molecule has 0 spiro atoms. The molecule has 2 fully saturated rings. The molecular weight excluding hydrogens is 310 g/mol. The Kier molecular flexibility index (Phi) is 6.35. The molecule has 3 rings (SSSR count). The highest BCUT2D eigenvalue weighted by Crippen LogP contribution is 2.22. The van der Waals surface area contributed by atoms with E-state index in [1.165, 1.54) is 43.6 Å². The van der Waals surface area contributed by atoms with Crippen LogP contribution >= 0.6 is 0 Å². The average Bonchev–Trinajstić information content (AvgIpc) is 2.67. The van der Waals surface area contributed by atoms with E-state index in [0.717, 1.165) is 32.5 Å². The number of likely N-dealkylation sites (tertiary alicyclic amines) is 1. The van der Waals surface area contributed by atoms with Crippen molar-refractivity contribution in [2.45, 2.75) is 58.5 Å². The highest BCUT2D eigenvalue weighted by molar-refractivity contribution is 5.73. The molecule has 2 aliphatic rings. The van der Waals surface area contributed by atoms with Gasteiger partial charge in [-0.25, -0.2) is 0 Å². The number of nitrogens with one attached hydrogen (secondary N) is 1. The zero-order chi connectivity index (χ0) is 17.6. The topological polar surface area (TPSA) is 35.6 Å². The molecule has 1 aromatic carbocycles. The van der Waals surface area contributed by atoms with Crippen LogP contribution in [-0.2, 0) is 11.3 Å². The van der Waals surface area contributed by atoms with Gasteiger partial charge in [0.1, 0.15) is 0 Å². The predicted molar refractivity (Wildman–Crippen MR) is 104 cm³/mol. The van der Waals surface area contributed by atoms with Crippen molar-refractivity contribution in [2.24, 2.45) is 5.92 Å². The summed E-state index contributed by atoms with van der Waals surface area (Å²) in [5.41, 5.74) is 2.72.